The Morgan fingerprint density at radius 3 is 2.81 bits per heavy atom. The molecule has 2 heterocycles. The van der Waals surface area contributed by atoms with Crippen molar-refractivity contribution in [2.24, 2.45) is 5.92 Å². The zero-order valence-electron chi connectivity index (χ0n) is 15.3. The first-order valence-corrected chi connectivity index (χ1v) is 9.50. The smallest absolute Gasteiger partial charge is 0.329 e. The summed E-state index contributed by atoms with van der Waals surface area (Å²) in [5.74, 6) is 0.804. The SMILES string of the molecule is CN1CCCC(Cn2c(=O)cc(Nc3ccc4c(c3)CCC4)[nH]c2=O)C1. The fraction of sp³-hybridized carbons (Fsp3) is 0.500. The van der Waals surface area contributed by atoms with Crippen molar-refractivity contribution in [3.05, 3.63) is 56.2 Å². The molecule has 1 unspecified atom stereocenters. The van der Waals surface area contributed by atoms with Gasteiger partial charge < -0.3 is 10.2 Å². The average Bonchev–Trinajstić information content (AvgIpc) is 3.06. The fourth-order valence-electron chi connectivity index (χ4n) is 4.25. The van der Waals surface area contributed by atoms with E-state index in [-0.39, 0.29) is 11.2 Å². The van der Waals surface area contributed by atoms with Crippen LogP contribution in [-0.4, -0.2) is 34.6 Å². The van der Waals surface area contributed by atoms with Gasteiger partial charge in [-0.2, -0.15) is 0 Å². The second-order valence-electron chi connectivity index (χ2n) is 7.67. The van der Waals surface area contributed by atoms with Gasteiger partial charge in [-0.05, 0) is 74.9 Å². The monoisotopic (exact) mass is 354 g/mol. The number of hydrogen-bond donors (Lipinski definition) is 2. The van der Waals surface area contributed by atoms with Gasteiger partial charge in [-0.1, -0.05) is 6.07 Å². The maximum atomic E-state index is 12.5. The normalized spacial score (nSPS) is 20.1. The summed E-state index contributed by atoms with van der Waals surface area (Å²) in [6, 6.07) is 7.74. The molecule has 6 heteroatoms. The molecular weight excluding hydrogens is 328 g/mol. The predicted octanol–water partition coefficient (Wildman–Crippen LogP) is 2.11. The Labute approximate surface area is 152 Å². The lowest BCUT2D eigenvalue weighted by Crippen LogP contribution is -2.41. The Balaban J connectivity index is 1.52. The van der Waals surface area contributed by atoms with Crippen LogP contribution in [0.2, 0.25) is 0 Å². The Hall–Kier alpha value is -2.34. The van der Waals surface area contributed by atoms with Gasteiger partial charge in [0.1, 0.15) is 5.82 Å². The molecule has 0 saturated carbocycles. The van der Waals surface area contributed by atoms with Crippen molar-refractivity contribution in [1.29, 1.82) is 0 Å². The number of fused-ring (bicyclic) bond motifs is 1. The van der Waals surface area contributed by atoms with Crippen LogP contribution in [0.4, 0.5) is 11.5 Å². The van der Waals surface area contributed by atoms with Gasteiger partial charge in [-0.3, -0.25) is 14.3 Å². The first-order chi connectivity index (χ1) is 12.6. The summed E-state index contributed by atoms with van der Waals surface area (Å²) in [6.07, 6.45) is 5.61. The minimum absolute atomic E-state index is 0.245. The molecule has 26 heavy (non-hydrogen) atoms. The van der Waals surface area contributed by atoms with E-state index in [1.165, 1.54) is 28.2 Å². The summed E-state index contributed by atoms with van der Waals surface area (Å²) in [4.78, 5) is 30.0. The Morgan fingerprint density at radius 1 is 1.15 bits per heavy atom. The van der Waals surface area contributed by atoms with Gasteiger partial charge in [0, 0.05) is 24.8 Å². The zero-order chi connectivity index (χ0) is 18.1. The number of aryl methyl sites for hydroxylation is 2. The Morgan fingerprint density at radius 2 is 2.00 bits per heavy atom. The number of anilines is 2. The third-order valence-corrected chi connectivity index (χ3v) is 5.56. The first kappa shape index (κ1) is 17.1. The van der Waals surface area contributed by atoms with Crippen LogP contribution in [0.1, 0.15) is 30.4 Å². The summed E-state index contributed by atoms with van der Waals surface area (Å²) in [7, 11) is 2.09. The van der Waals surface area contributed by atoms with E-state index >= 15 is 0 Å². The van der Waals surface area contributed by atoms with E-state index in [4.69, 9.17) is 0 Å². The van der Waals surface area contributed by atoms with Crippen LogP contribution >= 0.6 is 0 Å². The minimum atomic E-state index is -0.339. The lowest BCUT2D eigenvalue weighted by molar-refractivity contribution is 0.192. The molecule has 0 spiro atoms. The van der Waals surface area contributed by atoms with E-state index < -0.39 is 0 Å². The molecule has 2 aliphatic rings. The molecule has 1 atom stereocenters. The number of rotatable bonds is 4. The number of nitrogens with one attached hydrogen (secondary N) is 2. The molecule has 1 aromatic heterocycles. The summed E-state index contributed by atoms with van der Waals surface area (Å²) in [5, 5.41) is 3.18. The molecule has 1 aromatic carbocycles. The van der Waals surface area contributed by atoms with Gasteiger partial charge in [0.25, 0.3) is 5.56 Å². The molecule has 2 N–H and O–H groups in total. The molecule has 1 fully saturated rings. The molecule has 0 amide bonds. The molecular formula is C20H26N4O2. The largest absolute Gasteiger partial charge is 0.342 e. The molecule has 0 bridgehead atoms. The third kappa shape index (κ3) is 3.60. The quantitative estimate of drug-likeness (QED) is 0.882. The van der Waals surface area contributed by atoms with E-state index in [9.17, 15) is 9.59 Å². The van der Waals surface area contributed by atoms with Gasteiger partial charge in [0.05, 0.1) is 0 Å². The van der Waals surface area contributed by atoms with Crippen LogP contribution in [0.3, 0.4) is 0 Å². The fourth-order valence-corrected chi connectivity index (χ4v) is 4.25. The Bertz CT molecular complexity index is 884. The highest BCUT2D eigenvalue weighted by atomic mass is 16.2. The molecule has 1 aliphatic carbocycles. The van der Waals surface area contributed by atoms with E-state index in [0.29, 0.717) is 18.3 Å². The average molecular weight is 354 g/mol. The third-order valence-electron chi connectivity index (χ3n) is 5.56. The van der Waals surface area contributed by atoms with Gasteiger partial charge in [-0.25, -0.2) is 4.79 Å². The molecule has 0 radical (unpaired) electrons. The summed E-state index contributed by atoms with van der Waals surface area (Å²) in [6.45, 7) is 2.50. The molecule has 138 valence electrons. The van der Waals surface area contributed by atoms with Crippen LogP contribution in [0, 0.1) is 5.92 Å². The second-order valence-corrected chi connectivity index (χ2v) is 7.67. The zero-order valence-corrected chi connectivity index (χ0v) is 15.3. The minimum Gasteiger partial charge on any atom is -0.342 e. The standard InChI is InChI=1S/C20H26N4O2/c1-23-9-3-4-14(12-23)13-24-19(25)11-18(22-20(24)26)21-17-8-7-15-5-2-6-16(15)10-17/h7-8,10-11,14,21H,2-6,9,12-13H2,1H3,(H,22,26). The topological polar surface area (TPSA) is 70.1 Å². The molecule has 1 saturated heterocycles. The van der Waals surface area contributed by atoms with Gasteiger partial charge in [-0.15, -0.1) is 0 Å². The van der Waals surface area contributed by atoms with Crippen molar-refractivity contribution in [3.8, 4) is 0 Å². The maximum absolute atomic E-state index is 12.5. The van der Waals surface area contributed by atoms with Gasteiger partial charge in [0.2, 0.25) is 0 Å². The van der Waals surface area contributed by atoms with Crippen LogP contribution < -0.4 is 16.6 Å². The number of likely N-dealkylation sites (tertiary alicyclic amines) is 1. The first-order valence-electron chi connectivity index (χ1n) is 9.50. The number of benzene rings is 1. The Kier molecular flexibility index (Phi) is 4.68. The highest BCUT2D eigenvalue weighted by Crippen LogP contribution is 2.26. The number of H-pyrrole nitrogens is 1. The van der Waals surface area contributed by atoms with Crippen molar-refractivity contribution in [2.75, 3.05) is 25.5 Å². The van der Waals surface area contributed by atoms with E-state index in [1.807, 2.05) is 6.07 Å². The van der Waals surface area contributed by atoms with E-state index in [1.54, 1.807) is 0 Å². The molecule has 2 aromatic rings. The van der Waals surface area contributed by atoms with Crippen LogP contribution in [0.15, 0.2) is 33.9 Å². The number of nitrogens with zero attached hydrogens (tertiary/aromatic N) is 2. The number of piperidine rings is 1. The van der Waals surface area contributed by atoms with E-state index in [0.717, 1.165) is 44.5 Å². The van der Waals surface area contributed by atoms with Gasteiger partial charge >= 0.3 is 5.69 Å². The number of aromatic amines is 1. The lowest BCUT2D eigenvalue weighted by atomic mass is 9.98. The van der Waals surface area contributed by atoms with Crippen LogP contribution in [-0.2, 0) is 19.4 Å². The van der Waals surface area contributed by atoms with Crippen molar-refractivity contribution < 1.29 is 0 Å². The van der Waals surface area contributed by atoms with E-state index in [2.05, 4.69) is 34.4 Å². The van der Waals surface area contributed by atoms with Crippen molar-refractivity contribution >= 4 is 11.5 Å². The summed E-state index contributed by atoms with van der Waals surface area (Å²) >= 11 is 0. The van der Waals surface area contributed by atoms with Crippen LogP contribution in [0.25, 0.3) is 0 Å². The second kappa shape index (κ2) is 7.11. The molecule has 1 aliphatic heterocycles. The molecule has 4 rings (SSSR count). The number of hydrogen-bond acceptors (Lipinski definition) is 4. The highest BCUT2D eigenvalue weighted by Gasteiger charge is 2.19. The molecule has 6 nitrogen and oxygen atoms in total. The van der Waals surface area contributed by atoms with Crippen molar-refractivity contribution in [2.45, 2.75) is 38.6 Å². The maximum Gasteiger partial charge on any atom is 0.329 e. The lowest BCUT2D eigenvalue weighted by Gasteiger charge is -2.29. The highest BCUT2D eigenvalue weighted by molar-refractivity contribution is 5.58. The predicted molar refractivity (Wildman–Crippen MR) is 103 cm³/mol. The van der Waals surface area contributed by atoms with Crippen LogP contribution in [0.5, 0.6) is 0 Å². The number of aromatic nitrogens is 2. The summed E-state index contributed by atoms with van der Waals surface area (Å²) in [5.41, 5.74) is 3.08. The van der Waals surface area contributed by atoms with Crippen molar-refractivity contribution in [1.82, 2.24) is 14.5 Å². The van der Waals surface area contributed by atoms with Crippen molar-refractivity contribution in [3.63, 3.8) is 0 Å². The van der Waals surface area contributed by atoms with Gasteiger partial charge in [0.15, 0.2) is 0 Å². The summed E-state index contributed by atoms with van der Waals surface area (Å²) < 4.78 is 1.33.